The quantitative estimate of drug-likeness (QED) is 0.746. The molecular formula is C9H16BrN3. The summed E-state index contributed by atoms with van der Waals surface area (Å²) in [5.74, 6) is 0. The first-order valence-electron chi connectivity index (χ1n) is 4.71. The van der Waals surface area contributed by atoms with E-state index in [1.165, 1.54) is 18.5 Å². The van der Waals surface area contributed by atoms with Gasteiger partial charge in [0.25, 0.3) is 0 Å². The van der Waals surface area contributed by atoms with Gasteiger partial charge in [0.1, 0.15) is 0 Å². The molecule has 3 nitrogen and oxygen atoms in total. The third-order valence-electron chi connectivity index (χ3n) is 2.12. The molecule has 0 bridgehead atoms. The molecule has 1 rings (SSSR count). The summed E-state index contributed by atoms with van der Waals surface area (Å²) in [6.45, 7) is 2.21. The van der Waals surface area contributed by atoms with Crippen LogP contribution in [-0.2, 0) is 13.5 Å². The molecule has 1 atom stereocenters. The first-order chi connectivity index (χ1) is 6.24. The Balaban J connectivity index is 2.30. The van der Waals surface area contributed by atoms with E-state index < -0.39 is 0 Å². The van der Waals surface area contributed by atoms with Gasteiger partial charge in [-0.3, -0.25) is 4.68 Å². The van der Waals surface area contributed by atoms with Gasteiger partial charge < -0.3 is 0 Å². The second-order valence-electron chi connectivity index (χ2n) is 3.27. The Bertz CT molecular complexity index is 247. The second kappa shape index (κ2) is 5.37. The van der Waals surface area contributed by atoms with E-state index in [4.69, 9.17) is 0 Å². The number of rotatable bonds is 5. The number of aryl methyl sites for hydroxylation is 2. The Morgan fingerprint density at radius 3 is 2.85 bits per heavy atom. The van der Waals surface area contributed by atoms with E-state index in [2.05, 4.69) is 33.2 Å². The number of hydrogen-bond acceptors (Lipinski definition) is 2. The molecule has 1 aromatic heterocycles. The molecular weight excluding hydrogens is 230 g/mol. The highest BCUT2D eigenvalue weighted by atomic mass is 79.9. The van der Waals surface area contributed by atoms with E-state index in [0.29, 0.717) is 4.83 Å². The van der Waals surface area contributed by atoms with Crippen LogP contribution in [-0.4, -0.2) is 19.8 Å². The molecule has 0 saturated carbocycles. The molecule has 0 amide bonds. The second-order valence-corrected chi connectivity index (χ2v) is 4.57. The van der Waals surface area contributed by atoms with Crippen molar-refractivity contribution in [2.75, 3.05) is 0 Å². The highest BCUT2D eigenvalue weighted by Gasteiger charge is 2.05. The summed E-state index contributed by atoms with van der Waals surface area (Å²) in [6.07, 6.45) is 6.53. The van der Waals surface area contributed by atoms with Gasteiger partial charge in [0.2, 0.25) is 0 Å². The first-order valence-corrected chi connectivity index (χ1v) is 5.63. The van der Waals surface area contributed by atoms with Crippen molar-refractivity contribution in [3.05, 3.63) is 11.9 Å². The summed E-state index contributed by atoms with van der Waals surface area (Å²) in [5, 5.41) is 7.74. The van der Waals surface area contributed by atoms with Gasteiger partial charge in [-0.15, -0.1) is 5.10 Å². The molecule has 0 aliphatic carbocycles. The number of nitrogens with zero attached hydrogens (tertiary/aromatic N) is 3. The summed E-state index contributed by atoms with van der Waals surface area (Å²) in [5.41, 5.74) is 1.21. The van der Waals surface area contributed by atoms with Crippen LogP contribution in [0.15, 0.2) is 6.20 Å². The molecule has 0 aliphatic rings. The Hall–Kier alpha value is -0.380. The van der Waals surface area contributed by atoms with Gasteiger partial charge in [-0.05, 0) is 19.3 Å². The molecule has 0 aromatic carbocycles. The van der Waals surface area contributed by atoms with Crippen molar-refractivity contribution in [1.82, 2.24) is 15.0 Å². The highest BCUT2D eigenvalue weighted by Crippen LogP contribution is 2.14. The molecule has 4 heteroatoms. The molecule has 1 unspecified atom stereocenters. The minimum atomic E-state index is 0.632. The zero-order chi connectivity index (χ0) is 9.68. The molecule has 0 aliphatic heterocycles. The van der Waals surface area contributed by atoms with Gasteiger partial charge in [-0.1, -0.05) is 34.5 Å². The summed E-state index contributed by atoms with van der Waals surface area (Å²) >= 11 is 3.66. The molecule has 1 aromatic rings. The zero-order valence-corrected chi connectivity index (χ0v) is 9.79. The summed E-state index contributed by atoms with van der Waals surface area (Å²) in [7, 11) is 1.94. The smallest absolute Gasteiger partial charge is 0.0724 e. The standard InChI is InChI=1S/C9H16BrN3/c1-3-4-8(10)5-6-9-7-11-12-13(9)2/h7-8H,3-6H2,1-2H3. The number of alkyl halides is 1. The molecule has 0 spiro atoms. The lowest BCUT2D eigenvalue weighted by atomic mass is 10.1. The van der Waals surface area contributed by atoms with Crippen LogP contribution >= 0.6 is 15.9 Å². The average Bonchev–Trinajstić information content (AvgIpc) is 2.48. The molecule has 0 saturated heterocycles. The zero-order valence-electron chi connectivity index (χ0n) is 8.20. The van der Waals surface area contributed by atoms with Gasteiger partial charge in [-0.25, -0.2) is 0 Å². The van der Waals surface area contributed by atoms with Gasteiger partial charge in [0, 0.05) is 11.9 Å². The molecule has 0 N–H and O–H groups in total. The Kier molecular flexibility index (Phi) is 4.42. The van der Waals surface area contributed by atoms with E-state index in [9.17, 15) is 0 Å². The normalized spacial score (nSPS) is 13.2. The maximum absolute atomic E-state index is 3.89. The Labute approximate surface area is 87.6 Å². The topological polar surface area (TPSA) is 30.7 Å². The van der Waals surface area contributed by atoms with Crippen LogP contribution in [0.25, 0.3) is 0 Å². The minimum Gasteiger partial charge on any atom is -0.252 e. The molecule has 74 valence electrons. The Morgan fingerprint density at radius 1 is 1.54 bits per heavy atom. The average molecular weight is 246 g/mol. The van der Waals surface area contributed by atoms with Crippen LogP contribution in [0.3, 0.4) is 0 Å². The van der Waals surface area contributed by atoms with Crippen LogP contribution in [0, 0.1) is 0 Å². The van der Waals surface area contributed by atoms with Crippen LogP contribution in [0.1, 0.15) is 31.9 Å². The van der Waals surface area contributed by atoms with E-state index in [0.717, 1.165) is 12.8 Å². The maximum Gasteiger partial charge on any atom is 0.0724 e. The van der Waals surface area contributed by atoms with E-state index in [1.807, 2.05) is 17.9 Å². The Morgan fingerprint density at radius 2 is 2.31 bits per heavy atom. The predicted octanol–water partition coefficient (Wildman–Crippen LogP) is 2.31. The van der Waals surface area contributed by atoms with Crippen molar-refractivity contribution < 1.29 is 0 Å². The summed E-state index contributed by atoms with van der Waals surface area (Å²) in [6, 6.07) is 0. The molecule has 0 radical (unpaired) electrons. The fraction of sp³-hybridized carbons (Fsp3) is 0.778. The van der Waals surface area contributed by atoms with E-state index in [-0.39, 0.29) is 0 Å². The van der Waals surface area contributed by atoms with Crippen molar-refractivity contribution in [2.45, 2.75) is 37.4 Å². The fourth-order valence-electron chi connectivity index (χ4n) is 1.30. The van der Waals surface area contributed by atoms with Crippen LogP contribution in [0.4, 0.5) is 0 Å². The summed E-state index contributed by atoms with van der Waals surface area (Å²) in [4.78, 5) is 0.632. The monoisotopic (exact) mass is 245 g/mol. The number of hydrogen-bond donors (Lipinski definition) is 0. The maximum atomic E-state index is 3.89. The third-order valence-corrected chi connectivity index (χ3v) is 3.04. The van der Waals surface area contributed by atoms with E-state index >= 15 is 0 Å². The van der Waals surface area contributed by atoms with Crippen molar-refractivity contribution >= 4 is 15.9 Å². The first kappa shape index (κ1) is 10.7. The van der Waals surface area contributed by atoms with Crippen molar-refractivity contribution in [3.8, 4) is 0 Å². The van der Waals surface area contributed by atoms with Gasteiger partial charge in [0.05, 0.1) is 11.9 Å². The number of halogens is 1. The SMILES string of the molecule is CCCC(Br)CCc1cnnn1C. The molecule has 1 heterocycles. The van der Waals surface area contributed by atoms with E-state index in [1.54, 1.807) is 0 Å². The van der Waals surface area contributed by atoms with Crippen LogP contribution in [0.5, 0.6) is 0 Å². The minimum absolute atomic E-state index is 0.632. The van der Waals surface area contributed by atoms with Crippen LogP contribution in [0.2, 0.25) is 0 Å². The summed E-state index contributed by atoms with van der Waals surface area (Å²) < 4.78 is 1.84. The lowest BCUT2D eigenvalue weighted by Gasteiger charge is -2.06. The van der Waals surface area contributed by atoms with Gasteiger partial charge >= 0.3 is 0 Å². The molecule has 13 heavy (non-hydrogen) atoms. The fourth-order valence-corrected chi connectivity index (χ4v) is 1.99. The van der Waals surface area contributed by atoms with Crippen molar-refractivity contribution in [1.29, 1.82) is 0 Å². The third kappa shape index (κ3) is 3.46. The predicted molar refractivity (Wildman–Crippen MR) is 56.9 cm³/mol. The van der Waals surface area contributed by atoms with Gasteiger partial charge in [-0.2, -0.15) is 0 Å². The van der Waals surface area contributed by atoms with Crippen LogP contribution < -0.4 is 0 Å². The van der Waals surface area contributed by atoms with Crippen molar-refractivity contribution in [3.63, 3.8) is 0 Å². The van der Waals surface area contributed by atoms with Crippen molar-refractivity contribution in [2.24, 2.45) is 7.05 Å². The lowest BCUT2D eigenvalue weighted by molar-refractivity contribution is 0.636. The van der Waals surface area contributed by atoms with Gasteiger partial charge in [0.15, 0.2) is 0 Å². The number of aromatic nitrogens is 3. The largest absolute Gasteiger partial charge is 0.252 e. The molecule has 0 fully saturated rings. The lowest BCUT2D eigenvalue weighted by Crippen LogP contribution is -2.03. The highest BCUT2D eigenvalue weighted by molar-refractivity contribution is 9.09.